The molecular formula is C39H42N6O6. The van der Waals surface area contributed by atoms with E-state index < -0.39 is 23.8 Å². The maximum absolute atomic E-state index is 13.8. The minimum Gasteiger partial charge on any atom is -0.352 e. The summed E-state index contributed by atoms with van der Waals surface area (Å²) < 4.78 is 0. The third-order valence-corrected chi connectivity index (χ3v) is 10.6. The van der Waals surface area contributed by atoms with E-state index in [-0.39, 0.29) is 85.2 Å². The van der Waals surface area contributed by atoms with E-state index in [1.165, 1.54) is 29.2 Å². The van der Waals surface area contributed by atoms with Gasteiger partial charge in [0.25, 0.3) is 11.8 Å². The third kappa shape index (κ3) is 7.35. The van der Waals surface area contributed by atoms with Gasteiger partial charge < -0.3 is 31.1 Å². The Morgan fingerprint density at radius 1 is 0.725 bits per heavy atom. The number of piperazine rings is 1. The Labute approximate surface area is 296 Å². The van der Waals surface area contributed by atoms with Gasteiger partial charge in [-0.2, -0.15) is 0 Å². The predicted molar refractivity (Wildman–Crippen MR) is 187 cm³/mol. The van der Waals surface area contributed by atoms with Gasteiger partial charge in [0.05, 0.1) is 18.4 Å². The molecule has 3 aromatic rings. The summed E-state index contributed by atoms with van der Waals surface area (Å²) in [7, 11) is 0. The van der Waals surface area contributed by atoms with Crippen LogP contribution in [0.15, 0.2) is 84.9 Å². The van der Waals surface area contributed by atoms with Crippen molar-refractivity contribution in [1.29, 1.82) is 0 Å². The standard InChI is InChI=1S/C39H42N6O6/c1-2-45-33(38(50)41-20-34(45)46)19-40-35(47)25-13-15-26(16-14-25)39(51)44-21-29(36(48)42-31-17-27(31)23-9-5-3-6-10-23)30(22-44)37(49)43-32-18-28(32)24-11-7-4-8-12-24/h3-16,27-33H,2,17-22H2,1H3,(H,40,47)(H,41,50)(H,42,48)(H,43,49)/t27-,28-,29-,30-,31+,32+,33+/m1/s1. The Hall–Kier alpha value is -5.52. The van der Waals surface area contributed by atoms with E-state index in [9.17, 15) is 28.8 Å². The van der Waals surface area contributed by atoms with Crippen molar-refractivity contribution in [1.82, 2.24) is 31.1 Å². The molecule has 7 atom stereocenters. The highest BCUT2D eigenvalue weighted by molar-refractivity contribution is 6.00. The first-order valence-electron chi connectivity index (χ1n) is 17.7. The Bertz CT molecular complexity index is 1740. The van der Waals surface area contributed by atoms with Gasteiger partial charge in [0, 0.05) is 61.2 Å². The number of nitrogens with zero attached hydrogens (tertiary/aromatic N) is 2. The molecule has 3 aromatic carbocycles. The summed E-state index contributed by atoms with van der Waals surface area (Å²) in [5.74, 6) is -2.77. The van der Waals surface area contributed by atoms with E-state index >= 15 is 0 Å². The minimum atomic E-state index is -0.806. The van der Waals surface area contributed by atoms with E-state index in [0.717, 1.165) is 24.0 Å². The SMILES string of the molecule is CCN1C(=O)CNC(=O)[C@@H]1CNC(=O)c1ccc(C(=O)N2C[C@@H](C(=O)N[C@H]3C[C@@H]3c3ccccc3)[C@H](C(=O)N[C@H]3C[C@@H]3c3ccccc3)C2)cc1. The molecule has 6 amide bonds. The fraction of sp³-hybridized carbons (Fsp3) is 0.385. The van der Waals surface area contributed by atoms with Crippen LogP contribution in [0.3, 0.4) is 0 Å². The Morgan fingerprint density at radius 2 is 1.24 bits per heavy atom. The van der Waals surface area contributed by atoms with Gasteiger partial charge in [-0.3, -0.25) is 28.8 Å². The summed E-state index contributed by atoms with van der Waals surface area (Å²) in [6, 6.07) is 25.3. The Morgan fingerprint density at radius 3 is 1.75 bits per heavy atom. The zero-order valence-electron chi connectivity index (χ0n) is 28.4. The maximum atomic E-state index is 13.8. The lowest BCUT2D eigenvalue weighted by Crippen LogP contribution is -2.61. The normalized spacial score (nSPS) is 26.6. The predicted octanol–water partition coefficient (Wildman–Crippen LogP) is 1.80. The lowest BCUT2D eigenvalue weighted by Gasteiger charge is -2.34. The minimum absolute atomic E-state index is 0.0176. The van der Waals surface area contributed by atoms with Crippen LogP contribution in [0.2, 0.25) is 0 Å². The first-order valence-corrected chi connectivity index (χ1v) is 17.7. The number of carbonyl (C=O) groups is 6. The molecule has 0 bridgehead atoms. The number of hydrogen-bond acceptors (Lipinski definition) is 6. The molecule has 2 aliphatic heterocycles. The quantitative estimate of drug-likeness (QED) is 0.241. The summed E-state index contributed by atoms with van der Waals surface area (Å²) in [4.78, 5) is 81.6. The highest BCUT2D eigenvalue weighted by Gasteiger charge is 2.49. The zero-order chi connectivity index (χ0) is 35.6. The number of nitrogens with one attached hydrogen (secondary N) is 4. The summed E-state index contributed by atoms with van der Waals surface area (Å²) in [6.07, 6.45) is 1.65. The van der Waals surface area contributed by atoms with Gasteiger partial charge in [0.1, 0.15) is 6.04 Å². The fourth-order valence-electron chi connectivity index (χ4n) is 7.46. The molecule has 4 N–H and O–H groups in total. The summed E-state index contributed by atoms with van der Waals surface area (Å²) in [5.41, 5.74) is 2.92. The second-order valence-electron chi connectivity index (χ2n) is 13.9. The average Bonchev–Trinajstić information content (AvgIpc) is 4.07. The van der Waals surface area contributed by atoms with Crippen molar-refractivity contribution in [3.8, 4) is 0 Å². The number of likely N-dealkylation sites (N-methyl/N-ethyl adjacent to an activating group) is 1. The highest BCUT2D eigenvalue weighted by atomic mass is 16.2. The van der Waals surface area contributed by atoms with Crippen LogP contribution in [0, 0.1) is 11.8 Å². The van der Waals surface area contributed by atoms with Gasteiger partial charge in [-0.05, 0) is 55.2 Å². The maximum Gasteiger partial charge on any atom is 0.253 e. The molecule has 0 radical (unpaired) electrons. The monoisotopic (exact) mass is 690 g/mol. The number of hydrogen-bond donors (Lipinski definition) is 4. The molecule has 12 heteroatoms. The lowest BCUT2D eigenvalue weighted by atomic mass is 9.94. The van der Waals surface area contributed by atoms with Crippen molar-refractivity contribution in [2.45, 2.75) is 49.7 Å². The topological polar surface area (TPSA) is 157 Å². The molecule has 0 spiro atoms. The van der Waals surface area contributed by atoms with E-state index in [1.807, 2.05) is 60.7 Å². The molecule has 0 aromatic heterocycles. The molecule has 264 valence electrons. The van der Waals surface area contributed by atoms with Crippen LogP contribution in [0.1, 0.15) is 63.4 Å². The molecule has 0 unspecified atom stereocenters. The van der Waals surface area contributed by atoms with Gasteiger partial charge in [-0.15, -0.1) is 0 Å². The van der Waals surface area contributed by atoms with Gasteiger partial charge in [0.15, 0.2) is 0 Å². The van der Waals surface area contributed by atoms with Crippen LogP contribution in [-0.4, -0.2) is 96.1 Å². The van der Waals surface area contributed by atoms with Crippen molar-refractivity contribution in [2.24, 2.45) is 11.8 Å². The Kier molecular flexibility index (Phi) is 9.57. The van der Waals surface area contributed by atoms with Crippen LogP contribution in [0.25, 0.3) is 0 Å². The first kappa shape index (κ1) is 34.0. The lowest BCUT2D eigenvalue weighted by molar-refractivity contribution is -0.145. The molecule has 7 rings (SSSR count). The Balaban J connectivity index is 1.000. The van der Waals surface area contributed by atoms with Gasteiger partial charge in [0.2, 0.25) is 23.6 Å². The number of amides is 6. The number of carbonyl (C=O) groups excluding carboxylic acids is 6. The highest BCUT2D eigenvalue weighted by Crippen LogP contribution is 2.42. The van der Waals surface area contributed by atoms with Crippen molar-refractivity contribution < 1.29 is 28.8 Å². The second-order valence-corrected chi connectivity index (χ2v) is 13.9. The summed E-state index contributed by atoms with van der Waals surface area (Å²) in [5, 5.41) is 11.6. The van der Waals surface area contributed by atoms with E-state index in [4.69, 9.17) is 0 Å². The van der Waals surface area contributed by atoms with E-state index in [2.05, 4.69) is 21.3 Å². The van der Waals surface area contributed by atoms with Crippen molar-refractivity contribution in [3.63, 3.8) is 0 Å². The smallest absolute Gasteiger partial charge is 0.253 e. The molecule has 51 heavy (non-hydrogen) atoms. The van der Waals surface area contributed by atoms with Crippen molar-refractivity contribution in [3.05, 3.63) is 107 Å². The molecule has 12 nitrogen and oxygen atoms in total. The molecule has 4 fully saturated rings. The van der Waals surface area contributed by atoms with Crippen LogP contribution in [-0.2, 0) is 19.2 Å². The van der Waals surface area contributed by atoms with Crippen LogP contribution >= 0.6 is 0 Å². The molecule has 4 aliphatic rings. The molecule has 2 saturated heterocycles. The van der Waals surface area contributed by atoms with E-state index in [1.54, 1.807) is 11.8 Å². The van der Waals surface area contributed by atoms with Crippen LogP contribution in [0.4, 0.5) is 0 Å². The second kappa shape index (κ2) is 14.4. The van der Waals surface area contributed by atoms with Crippen LogP contribution < -0.4 is 21.3 Å². The van der Waals surface area contributed by atoms with Gasteiger partial charge >= 0.3 is 0 Å². The fourth-order valence-corrected chi connectivity index (χ4v) is 7.46. The average molecular weight is 691 g/mol. The summed E-state index contributed by atoms with van der Waals surface area (Å²) >= 11 is 0. The van der Waals surface area contributed by atoms with E-state index in [0.29, 0.717) is 12.1 Å². The zero-order valence-corrected chi connectivity index (χ0v) is 28.4. The van der Waals surface area contributed by atoms with Gasteiger partial charge in [-0.1, -0.05) is 60.7 Å². The molecule has 2 saturated carbocycles. The number of likely N-dealkylation sites (tertiary alicyclic amines) is 1. The third-order valence-electron chi connectivity index (χ3n) is 10.6. The number of benzene rings is 3. The molecule has 2 heterocycles. The van der Waals surface area contributed by atoms with Crippen molar-refractivity contribution >= 4 is 35.4 Å². The van der Waals surface area contributed by atoms with Crippen molar-refractivity contribution in [2.75, 3.05) is 32.7 Å². The van der Waals surface area contributed by atoms with Crippen LogP contribution in [0.5, 0.6) is 0 Å². The van der Waals surface area contributed by atoms with Gasteiger partial charge in [-0.25, -0.2) is 0 Å². The molecule has 2 aliphatic carbocycles. The molecular weight excluding hydrogens is 648 g/mol. The largest absolute Gasteiger partial charge is 0.352 e. The first-order chi connectivity index (χ1) is 24.7. The number of rotatable bonds is 11. The summed E-state index contributed by atoms with van der Waals surface area (Å²) in [6.45, 7) is 2.19.